The highest BCUT2D eigenvalue weighted by molar-refractivity contribution is 7.99. The molecule has 0 amide bonds. The molecule has 0 spiro atoms. The first kappa shape index (κ1) is 23.8. The van der Waals surface area contributed by atoms with Gasteiger partial charge >= 0.3 is 0 Å². The van der Waals surface area contributed by atoms with Crippen LogP contribution in [0, 0.1) is 0 Å². The van der Waals surface area contributed by atoms with Gasteiger partial charge in [-0.2, -0.15) is 0 Å². The van der Waals surface area contributed by atoms with Crippen molar-refractivity contribution >= 4 is 11.8 Å². The summed E-state index contributed by atoms with van der Waals surface area (Å²) < 4.78 is 36.1. The van der Waals surface area contributed by atoms with Gasteiger partial charge in [0.15, 0.2) is 5.79 Å². The van der Waals surface area contributed by atoms with Gasteiger partial charge in [-0.15, -0.1) is 11.8 Å². The van der Waals surface area contributed by atoms with Crippen molar-refractivity contribution in [1.29, 1.82) is 0 Å². The van der Waals surface area contributed by atoms with Gasteiger partial charge < -0.3 is 33.5 Å². The summed E-state index contributed by atoms with van der Waals surface area (Å²) >= 11 is 1.70. The van der Waals surface area contributed by atoms with Crippen molar-refractivity contribution in [2.75, 3.05) is 32.7 Å². The van der Waals surface area contributed by atoms with Crippen LogP contribution in [0.3, 0.4) is 0 Å². The fourth-order valence-electron chi connectivity index (χ4n) is 3.73. The van der Waals surface area contributed by atoms with Crippen LogP contribution in [0.15, 0.2) is 24.3 Å². The van der Waals surface area contributed by atoms with Crippen LogP contribution in [0.25, 0.3) is 0 Å². The molecule has 0 bridgehead atoms. The van der Waals surface area contributed by atoms with E-state index in [2.05, 4.69) is 6.92 Å². The molecule has 30 heavy (non-hydrogen) atoms. The highest BCUT2D eigenvalue weighted by atomic mass is 32.2. The highest BCUT2D eigenvalue weighted by Crippen LogP contribution is 2.41. The van der Waals surface area contributed by atoms with E-state index in [1.807, 2.05) is 38.1 Å². The third-order valence-electron chi connectivity index (χ3n) is 5.09. The number of benzene rings is 1. The third-order valence-corrected chi connectivity index (χ3v) is 6.13. The molecule has 1 aromatic carbocycles. The first-order valence-corrected chi connectivity index (χ1v) is 11.6. The zero-order valence-electron chi connectivity index (χ0n) is 18.2. The summed E-state index contributed by atoms with van der Waals surface area (Å²) in [5, 5.41) is 8.97. The van der Waals surface area contributed by atoms with Crippen molar-refractivity contribution in [3.8, 4) is 5.75 Å². The Labute approximate surface area is 183 Å². The molecule has 0 aliphatic carbocycles. The largest absolute Gasteiger partial charge is 0.497 e. The molecule has 1 aromatic rings. The summed E-state index contributed by atoms with van der Waals surface area (Å²) in [5.41, 5.74) is 0.874. The Morgan fingerprint density at radius 2 is 1.87 bits per heavy atom. The second kappa shape index (κ2) is 11.1. The Morgan fingerprint density at radius 1 is 1.13 bits per heavy atom. The quantitative estimate of drug-likeness (QED) is 0.524. The first-order valence-electron chi connectivity index (χ1n) is 10.5. The van der Waals surface area contributed by atoms with Crippen LogP contribution in [0.1, 0.15) is 32.8 Å². The van der Waals surface area contributed by atoms with Gasteiger partial charge in [0.05, 0.1) is 20.3 Å². The number of methoxy groups -OCH3 is 1. The van der Waals surface area contributed by atoms with E-state index in [0.29, 0.717) is 26.2 Å². The highest BCUT2D eigenvalue weighted by Gasteiger charge is 2.55. The summed E-state index contributed by atoms with van der Waals surface area (Å²) in [4.78, 5) is 0. The van der Waals surface area contributed by atoms with Gasteiger partial charge in [0.25, 0.3) is 0 Å². The first-order chi connectivity index (χ1) is 14.5. The summed E-state index contributed by atoms with van der Waals surface area (Å²) in [6.07, 6.45) is -0.436. The molecular formula is C22H34O7S. The molecule has 7 nitrogen and oxygen atoms in total. The summed E-state index contributed by atoms with van der Waals surface area (Å²) in [5.74, 6) is 1.00. The number of thioether (sulfide) groups is 1. The van der Waals surface area contributed by atoms with Gasteiger partial charge in [-0.25, -0.2) is 0 Å². The van der Waals surface area contributed by atoms with E-state index >= 15 is 0 Å². The van der Waals surface area contributed by atoms with Gasteiger partial charge in [-0.1, -0.05) is 19.1 Å². The smallest absolute Gasteiger partial charge is 0.164 e. The predicted octanol–water partition coefficient (Wildman–Crippen LogP) is 2.98. The molecular weight excluding hydrogens is 408 g/mol. The van der Waals surface area contributed by atoms with Gasteiger partial charge in [0.1, 0.15) is 35.6 Å². The summed E-state index contributed by atoms with van der Waals surface area (Å²) in [6, 6.07) is 7.84. The van der Waals surface area contributed by atoms with Crippen LogP contribution in [0.4, 0.5) is 0 Å². The van der Waals surface area contributed by atoms with Crippen LogP contribution in [0.5, 0.6) is 5.75 Å². The Morgan fingerprint density at radius 3 is 2.53 bits per heavy atom. The van der Waals surface area contributed by atoms with Gasteiger partial charge in [0.2, 0.25) is 0 Å². The summed E-state index contributed by atoms with van der Waals surface area (Å²) in [6.45, 7) is 7.37. The lowest BCUT2D eigenvalue weighted by Gasteiger charge is -2.41. The van der Waals surface area contributed by atoms with Crippen molar-refractivity contribution in [1.82, 2.24) is 0 Å². The normalized spacial score (nSPS) is 30.2. The van der Waals surface area contributed by atoms with Crippen LogP contribution in [-0.4, -0.2) is 73.4 Å². The molecule has 2 fully saturated rings. The van der Waals surface area contributed by atoms with E-state index in [9.17, 15) is 0 Å². The number of aliphatic hydroxyl groups is 1. The maximum absolute atomic E-state index is 8.97. The fraction of sp³-hybridized carbons (Fsp3) is 0.727. The van der Waals surface area contributed by atoms with Crippen LogP contribution >= 0.6 is 11.8 Å². The van der Waals surface area contributed by atoms with Crippen LogP contribution in [0.2, 0.25) is 0 Å². The molecule has 3 rings (SSSR count). The average molecular weight is 443 g/mol. The van der Waals surface area contributed by atoms with Crippen molar-refractivity contribution in [2.24, 2.45) is 0 Å². The lowest BCUT2D eigenvalue weighted by Crippen LogP contribution is -2.57. The Bertz CT molecular complexity index is 639. The molecule has 5 atom stereocenters. The fourth-order valence-corrected chi connectivity index (χ4v) is 4.70. The van der Waals surface area contributed by atoms with E-state index in [1.165, 1.54) is 0 Å². The van der Waals surface area contributed by atoms with Gasteiger partial charge in [-0.05, 0) is 43.7 Å². The van der Waals surface area contributed by atoms with E-state index in [4.69, 9.17) is 33.5 Å². The van der Waals surface area contributed by atoms with Crippen molar-refractivity contribution in [2.45, 2.75) is 69.4 Å². The topological polar surface area (TPSA) is 75.6 Å². The molecule has 0 radical (unpaired) electrons. The maximum Gasteiger partial charge on any atom is 0.164 e. The minimum absolute atomic E-state index is 0.111. The average Bonchev–Trinajstić information content (AvgIpc) is 3.06. The second-order valence-electron chi connectivity index (χ2n) is 7.84. The standard InChI is InChI=1S/C22H34O7S/c1-5-30-21-20(26-13-15-7-9-16(24-4)10-8-15)19-18(28-22(2,3)29-19)17(27-21)14-25-12-6-11-23/h7-10,17-21,23H,5-6,11-14H2,1-4H3/t17-,18+,19+,20-,21+/m1/s1. The molecule has 2 heterocycles. The lowest BCUT2D eigenvalue weighted by molar-refractivity contribution is -0.191. The van der Waals surface area contributed by atoms with Gasteiger partial charge in [-0.3, -0.25) is 0 Å². The Balaban J connectivity index is 1.70. The minimum Gasteiger partial charge on any atom is -0.497 e. The molecule has 0 aromatic heterocycles. The molecule has 0 unspecified atom stereocenters. The van der Waals surface area contributed by atoms with E-state index < -0.39 is 5.79 Å². The molecule has 8 heteroatoms. The predicted molar refractivity (Wildman–Crippen MR) is 115 cm³/mol. The lowest BCUT2D eigenvalue weighted by atomic mass is 10.00. The maximum atomic E-state index is 8.97. The third kappa shape index (κ3) is 6.09. The summed E-state index contributed by atoms with van der Waals surface area (Å²) in [7, 11) is 1.65. The number of rotatable bonds is 11. The Hall–Kier alpha value is -0.870. The molecule has 170 valence electrons. The zero-order valence-corrected chi connectivity index (χ0v) is 19.1. The van der Waals surface area contributed by atoms with Crippen molar-refractivity contribution in [3.63, 3.8) is 0 Å². The number of fused-ring (bicyclic) bond motifs is 1. The molecule has 2 aliphatic rings. The zero-order chi connectivity index (χ0) is 21.6. The molecule has 2 aliphatic heterocycles. The van der Waals surface area contributed by atoms with E-state index in [-0.39, 0.29) is 36.5 Å². The number of aliphatic hydroxyl groups excluding tert-OH is 1. The molecule has 0 saturated carbocycles. The molecule has 2 saturated heterocycles. The number of ether oxygens (including phenoxy) is 6. The van der Waals surface area contributed by atoms with E-state index in [0.717, 1.165) is 17.1 Å². The van der Waals surface area contributed by atoms with Gasteiger partial charge in [0, 0.05) is 13.2 Å². The van der Waals surface area contributed by atoms with Crippen LogP contribution < -0.4 is 4.74 Å². The van der Waals surface area contributed by atoms with Crippen molar-refractivity contribution < 1.29 is 33.5 Å². The molecule has 1 N–H and O–H groups in total. The SMILES string of the molecule is CCS[C@@H]1O[C@H](COCCCO)[C@@H]2OC(C)(C)O[C@@H]2[C@H]1OCc1ccc(OC)cc1. The second-order valence-corrected chi connectivity index (χ2v) is 9.21. The minimum atomic E-state index is -0.713. The number of hydrogen-bond donors (Lipinski definition) is 1. The van der Waals surface area contributed by atoms with Crippen molar-refractivity contribution in [3.05, 3.63) is 29.8 Å². The number of hydrogen-bond acceptors (Lipinski definition) is 8. The monoisotopic (exact) mass is 442 g/mol. The Kier molecular flexibility index (Phi) is 8.82. The van der Waals surface area contributed by atoms with E-state index in [1.54, 1.807) is 18.9 Å². The van der Waals surface area contributed by atoms with Crippen LogP contribution in [-0.2, 0) is 30.3 Å².